The van der Waals surface area contributed by atoms with Crippen molar-refractivity contribution in [3.05, 3.63) is 47.4 Å². The zero-order valence-electron chi connectivity index (χ0n) is 16.3. The maximum absolute atomic E-state index is 12.9. The number of ether oxygens (including phenoxy) is 1. The van der Waals surface area contributed by atoms with Crippen molar-refractivity contribution in [2.45, 2.75) is 38.1 Å². The van der Waals surface area contributed by atoms with Crippen LogP contribution in [0, 0.1) is 5.92 Å². The lowest BCUT2D eigenvalue weighted by Gasteiger charge is -2.26. The van der Waals surface area contributed by atoms with Gasteiger partial charge in [0.1, 0.15) is 23.8 Å². The van der Waals surface area contributed by atoms with E-state index >= 15 is 0 Å². The Bertz CT molecular complexity index is 857. The maximum Gasteiger partial charge on any atom is 0.416 e. The first-order chi connectivity index (χ1) is 14.4. The van der Waals surface area contributed by atoms with E-state index in [1.807, 2.05) is 0 Å². The molecular formula is C20H24F3N5O2. The van der Waals surface area contributed by atoms with E-state index in [1.54, 1.807) is 6.07 Å². The number of nitrogen functional groups attached to an aromatic ring is 1. The van der Waals surface area contributed by atoms with Gasteiger partial charge >= 0.3 is 6.18 Å². The van der Waals surface area contributed by atoms with E-state index in [9.17, 15) is 18.0 Å². The number of carbonyl (C=O) groups is 1. The number of alkyl halides is 3. The molecule has 3 rings (SSSR count). The predicted molar refractivity (Wildman–Crippen MR) is 105 cm³/mol. The number of piperidine rings is 1. The Balaban J connectivity index is 1.74. The van der Waals surface area contributed by atoms with Crippen molar-refractivity contribution in [3.63, 3.8) is 0 Å². The zero-order valence-corrected chi connectivity index (χ0v) is 16.3. The van der Waals surface area contributed by atoms with Gasteiger partial charge in [0.05, 0.1) is 5.56 Å². The normalized spacial score (nSPS) is 16.1. The van der Waals surface area contributed by atoms with Gasteiger partial charge in [-0.1, -0.05) is 12.1 Å². The Morgan fingerprint density at radius 3 is 2.77 bits per heavy atom. The molecule has 0 bridgehead atoms. The lowest BCUT2D eigenvalue weighted by molar-refractivity contribution is -0.137. The van der Waals surface area contributed by atoms with E-state index in [0.717, 1.165) is 38.1 Å². The number of nitrogens with zero attached hydrogens (tertiary/aromatic N) is 2. The number of nitrogens with one attached hydrogen (secondary N) is 2. The maximum atomic E-state index is 12.9. The van der Waals surface area contributed by atoms with Gasteiger partial charge < -0.3 is 21.1 Å². The molecule has 0 radical (unpaired) electrons. The SMILES string of the molecule is Nc1c(NCc2cccc(C(F)(F)F)c2)ncnc1C(CC1CCNCC1)OC=O. The smallest absolute Gasteiger partial charge is 0.416 e. The Kier molecular flexibility index (Phi) is 7.09. The van der Waals surface area contributed by atoms with Gasteiger partial charge in [-0.05, 0) is 56.0 Å². The molecule has 0 aliphatic carbocycles. The first-order valence-corrected chi connectivity index (χ1v) is 9.68. The highest BCUT2D eigenvalue weighted by Crippen LogP contribution is 2.33. The second kappa shape index (κ2) is 9.75. The first-order valence-electron chi connectivity index (χ1n) is 9.68. The summed E-state index contributed by atoms with van der Waals surface area (Å²) in [7, 11) is 0. The molecule has 1 atom stereocenters. The molecule has 1 aromatic carbocycles. The van der Waals surface area contributed by atoms with Crippen molar-refractivity contribution in [3.8, 4) is 0 Å². The predicted octanol–water partition coefficient (Wildman–Crippen LogP) is 3.29. The van der Waals surface area contributed by atoms with Crippen LogP contribution in [-0.2, 0) is 22.3 Å². The number of anilines is 2. The molecule has 2 aromatic rings. The number of rotatable bonds is 8. The lowest BCUT2D eigenvalue weighted by atomic mass is 9.90. The molecule has 0 saturated carbocycles. The number of carbonyl (C=O) groups excluding carboxylic acids is 1. The number of benzene rings is 1. The molecule has 1 fully saturated rings. The summed E-state index contributed by atoms with van der Waals surface area (Å²) in [6.45, 7) is 2.28. The van der Waals surface area contributed by atoms with Crippen LogP contribution in [-0.4, -0.2) is 29.5 Å². The van der Waals surface area contributed by atoms with E-state index in [2.05, 4.69) is 20.6 Å². The highest BCUT2D eigenvalue weighted by Gasteiger charge is 2.30. The van der Waals surface area contributed by atoms with Crippen molar-refractivity contribution in [2.24, 2.45) is 5.92 Å². The van der Waals surface area contributed by atoms with E-state index in [-0.39, 0.29) is 18.1 Å². The Hall–Kier alpha value is -2.88. The third kappa shape index (κ3) is 5.59. The van der Waals surface area contributed by atoms with Gasteiger partial charge in [0.15, 0.2) is 5.82 Å². The molecule has 1 aromatic heterocycles. The second-order valence-corrected chi connectivity index (χ2v) is 7.22. The molecule has 10 heteroatoms. The molecule has 7 nitrogen and oxygen atoms in total. The molecule has 4 N–H and O–H groups in total. The van der Waals surface area contributed by atoms with Crippen LogP contribution >= 0.6 is 0 Å². The minimum absolute atomic E-state index is 0.0953. The fraction of sp³-hybridized carbons (Fsp3) is 0.450. The topological polar surface area (TPSA) is 102 Å². The summed E-state index contributed by atoms with van der Waals surface area (Å²) in [6, 6.07) is 5.01. The molecule has 1 unspecified atom stereocenters. The fourth-order valence-corrected chi connectivity index (χ4v) is 3.57. The highest BCUT2D eigenvalue weighted by atomic mass is 19.4. The monoisotopic (exact) mass is 423 g/mol. The molecule has 1 aliphatic heterocycles. The van der Waals surface area contributed by atoms with Crippen LogP contribution in [0.25, 0.3) is 0 Å². The van der Waals surface area contributed by atoms with Crippen LogP contribution < -0.4 is 16.4 Å². The molecule has 1 aliphatic rings. The van der Waals surface area contributed by atoms with Crippen LogP contribution in [0.2, 0.25) is 0 Å². The minimum Gasteiger partial charge on any atom is -0.458 e. The molecule has 1 saturated heterocycles. The van der Waals surface area contributed by atoms with Crippen LogP contribution in [0.4, 0.5) is 24.7 Å². The van der Waals surface area contributed by atoms with Gasteiger partial charge in [0, 0.05) is 6.54 Å². The van der Waals surface area contributed by atoms with Gasteiger partial charge in [0.25, 0.3) is 6.47 Å². The third-order valence-electron chi connectivity index (χ3n) is 5.16. The number of hydrogen-bond donors (Lipinski definition) is 3. The average molecular weight is 423 g/mol. The van der Waals surface area contributed by atoms with Gasteiger partial charge in [-0.15, -0.1) is 0 Å². The summed E-state index contributed by atoms with van der Waals surface area (Å²) in [4.78, 5) is 19.3. The number of aromatic nitrogens is 2. The van der Waals surface area contributed by atoms with E-state index in [0.29, 0.717) is 30.1 Å². The van der Waals surface area contributed by atoms with Crippen LogP contribution in [0.1, 0.15) is 42.2 Å². The van der Waals surface area contributed by atoms with Crippen molar-refractivity contribution < 1.29 is 22.7 Å². The van der Waals surface area contributed by atoms with Crippen LogP contribution in [0.3, 0.4) is 0 Å². The van der Waals surface area contributed by atoms with Gasteiger partial charge in [-0.25, -0.2) is 9.97 Å². The number of halogens is 3. The summed E-state index contributed by atoms with van der Waals surface area (Å²) in [5.74, 6) is 0.648. The lowest BCUT2D eigenvalue weighted by Crippen LogP contribution is -2.29. The summed E-state index contributed by atoms with van der Waals surface area (Å²) < 4.78 is 43.9. The molecule has 30 heavy (non-hydrogen) atoms. The standard InChI is InChI=1S/C20H24F3N5O2/c21-20(22,23)15-3-1-2-14(8-15)10-26-19-17(24)18(27-11-28-19)16(30-12-29)9-13-4-6-25-7-5-13/h1-3,8,11-13,16,25H,4-7,9-10,24H2,(H,26,27,28). The number of nitrogens with two attached hydrogens (primary N) is 1. The van der Waals surface area contributed by atoms with Crippen LogP contribution in [0.15, 0.2) is 30.6 Å². The van der Waals surface area contributed by atoms with Gasteiger partial charge in [0.2, 0.25) is 0 Å². The first kappa shape index (κ1) is 21.8. The fourth-order valence-electron chi connectivity index (χ4n) is 3.57. The van der Waals surface area contributed by atoms with Crippen molar-refractivity contribution >= 4 is 18.0 Å². The van der Waals surface area contributed by atoms with Gasteiger partial charge in [-0.2, -0.15) is 13.2 Å². The second-order valence-electron chi connectivity index (χ2n) is 7.22. The largest absolute Gasteiger partial charge is 0.458 e. The molecule has 162 valence electrons. The van der Waals surface area contributed by atoms with Gasteiger partial charge in [-0.3, -0.25) is 4.79 Å². The average Bonchev–Trinajstić information content (AvgIpc) is 2.73. The summed E-state index contributed by atoms with van der Waals surface area (Å²) in [6.07, 6.45) is -1.21. The molecular weight excluding hydrogens is 399 g/mol. The molecule has 0 amide bonds. The summed E-state index contributed by atoms with van der Waals surface area (Å²) >= 11 is 0. The minimum atomic E-state index is -4.41. The number of hydrogen-bond acceptors (Lipinski definition) is 7. The third-order valence-corrected chi connectivity index (χ3v) is 5.16. The van der Waals surface area contributed by atoms with E-state index in [1.165, 1.54) is 12.4 Å². The Morgan fingerprint density at radius 1 is 1.30 bits per heavy atom. The van der Waals surface area contributed by atoms with Crippen molar-refractivity contribution in [2.75, 3.05) is 24.1 Å². The van der Waals surface area contributed by atoms with E-state index in [4.69, 9.17) is 10.5 Å². The molecule has 0 spiro atoms. The van der Waals surface area contributed by atoms with Crippen molar-refractivity contribution in [1.82, 2.24) is 15.3 Å². The quantitative estimate of drug-likeness (QED) is 0.560. The summed E-state index contributed by atoms with van der Waals surface area (Å²) in [5, 5.41) is 6.24. The Morgan fingerprint density at radius 2 is 2.07 bits per heavy atom. The Labute approximate surface area is 172 Å². The highest BCUT2D eigenvalue weighted by molar-refractivity contribution is 5.64. The zero-order chi connectivity index (χ0) is 21.6. The summed E-state index contributed by atoms with van der Waals surface area (Å²) in [5.41, 5.74) is 6.52. The van der Waals surface area contributed by atoms with Crippen LogP contribution in [0.5, 0.6) is 0 Å². The van der Waals surface area contributed by atoms with E-state index < -0.39 is 17.8 Å². The van der Waals surface area contributed by atoms with Crippen molar-refractivity contribution in [1.29, 1.82) is 0 Å². The molecule has 2 heterocycles.